The second-order valence-corrected chi connectivity index (χ2v) is 6.12. The molecule has 1 aromatic carbocycles. The lowest BCUT2D eigenvalue weighted by Gasteiger charge is -2.22. The minimum absolute atomic E-state index is 0. The fraction of sp³-hybridized carbons (Fsp3) is 0.375. The average molecular weight is 359 g/mol. The third-order valence-corrected chi connectivity index (χ3v) is 3.11. The van der Waals surface area contributed by atoms with Crippen LogP contribution in [0.2, 0.25) is 0 Å². The van der Waals surface area contributed by atoms with Gasteiger partial charge in [-0.1, -0.05) is 20.8 Å². The number of aliphatic imine (C=N–C) groups is 1. The molecule has 6 N–H and O–H groups in total. The quantitative estimate of drug-likeness (QED) is 0.532. The van der Waals surface area contributed by atoms with Crippen molar-refractivity contribution < 1.29 is 13.9 Å². The Morgan fingerprint density at radius 1 is 1.29 bits per heavy atom. The van der Waals surface area contributed by atoms with Gasteiger partial charge >= 0.3 is 0 Å². The van der Waals surface area contributed by atoms with Crippen LogP contribution in [-0.2, 0) is 5.41 Å². The van der Waals surface area contributed by atoms with Gasteiger partial charge in [0.15, 0.2) is 5.96 Å². The molecule has 0 unspecified atom stereocenters. The maximum atomic E-state index is 12.8. The minimum atomic E-state index is -0.501. The predicted octanol–water partition coefficient (Wildman–Crippen LogP) is 2.01. The molecule has 0 radical (unpaired) electrons. The highest BCUT2D eigenvalue weighted by molar-refractivity contribution is 5.94. The van der Waals surface area contributed by atoms with Crippen LogP contribution in [0.4, 0.5) is 4.39 Å². The predicted molar refractivity (Wildman–Crippen MR) is 96.3 cm³/mol. The summed E-state index contributed by atoms with van der Waals surface area (Å²) in [5, 5.41) is 0. The van der Waals surface area contributed by atoms with E-state index in [1.807, 2.05) is 20.8 Å². The number of carbonyl (C=O) groups is 1. The van der Waals surface area contributed by atoms with Crippen LogP contribution in [0, 0.1) is 0 Å². The average Bonchev–Trinajstić information content (AvgIpc) is 2.45. The molecule has 6 nitrogen and oxygen atoms in total. The van der Waals surface area contributed by atoms with Crippen molar-refractivity contribution in [3.8, 4) is 5.75 Å². The molecule has 0 saturated heterocycles. The summed E-state index contributed by atoms with van der Waals surface area (Å²) in [5.41, 5.74) is 17.0. The van der Waals surface area contributed by atoms with Crippen LogP contribution < -0.4 is 21.9 Å². The van der Waals surface area contributed by atoms with Crippen molar-refractivity contribution in [3.05, 3.63) is 41.2 Å². The van der Waals surface area contributed by atoms with Crippen molar-refractivity contribution in [1.82, 2.24) is 0 Å². The first-order valence-corrected chi connectivity index (χ1v) is 7.05. The number of ether oxygens (including phenoxy) is 1. The molecule has 0 atom stereocenters. The van der Waals surface area contributed by atoms with Gasteiger partial charge in [-0.3, -0.25) is 4.79 Å². The summed E-state index contributed by atoms with van der Waals surface area (Å²) >= 11 is 0. The number of hydrogen-bond donors (Lipinski definition) is 3. The van der Waals surface area contributed by atoms with Gasteiger partial charge in [-0.2, -0.15) is 0 Å². The summed E-state index contributed by atoms with van der Waals surface area (Å²) in [6.07, 6.45) is 0.412. The number of amides is 1. The Morgan fingerprint density at radius 2 is 1.92 bits per heavy atom. The molecular formula is C16H24ClFN4O2. The molecule has 0 aliphatic heterocycles. The molecule has 0 spiro atoms. The molecular weight excluding hydrogens is 335 g/mol. The molecule has 0 fully saturated rings. The zero-order valence-electron chi connectivity index (χ0n) is 14.0. The van der Waals surface area contributed by atoms with Gasteiger partial charge in [-0.05, 0) is 29.2 Å². The van der Waals surface area contributed by atoms with Crippen LogP contribution >= 0.6 is 12.4 Å². The summed E-state index contributed by atoms with van der Waals surface area (Å²) in [6, 6.07) is 4.95. The van der Waals surface area contributed by atoms with Crippen molar-refractivity contribution in [2.24, 2.45) is 22.2 Å². The first-order chi connectivity index (χ1) is 10.6. The third-order valence-electron chi connectivity index (χ3n) is 3.11. The maximum Gasteiger partial charge on any atom is 0.249 e. The largest absolute Gasteiger partial charge is 0.489 e. The standard InChI is InChI=1S/C16H23FN4O2.ClH/c1-16(2,3)13-6-11(4-5-12(13)14(18)22)23-9-10(7-17)8-21-15(19)20;/h4-7H,8-9H2,1-3H3,(H2,18,22)(H4,19,20,21);1H/b10-7+;. The monoisotopic (exact) mass is 358 g/mol. The molecule has 8 heteroatoms. The number of carbonyl (C=O) groups excluding carboxylic acids is 1. The van der Waals surface area contributed by atoms with Crippen LogP contribution in [-0.4, -0.2) is 25.0 Å². The van der Waals surface area contributed by atoms with Gasteiger partial charge in [-0.25, -0.2) is 9.38 Å². The van der Waals surface area contributed by atoms with E-state index < -0.39 is 5.91 Å². The number of primary amides is 1. The Kier molecular flexibility index (Phi) is 8.26. The molecule has 1 rings (SSSR count). The minimum Gasteiger partial charge on any atom is -0.489 e. The number of hydrogen-bond acceptors (Lipinski definition) is 3. The van der Waals surface area contributed by atoms with Gasteiger partial charge in [-0.15, -0.1) is 12.4 Å². The Morgan fingerprint density at radius 3 is 2.38 bits per heavy atom. The first-order valence-electron chi connectivity index (χ1n) is 7.05. The van der Waals surface area contributed by atoms with Gasteiger partial charge < -0.3 is 21.9 Å². The Balaban J connectivity index is 0.00000529. The molecule has 134 valence electrons. The zero-order chi connectivity index (χ0) is 17.6. The van der Waals surface area contributed by atoms with E-state index in [2.05, 4.69) is 4.99 Å². The van der Waals surface area contributed by atoms with Gasteiger partial charge in [0.1, 0.15) is 12.4 Å². The van der Waals surface area contributed by atoms with Crippen molar-refractivity contribution in [3.63, 3.8) is 0 Å². The van der Waals surface area contributed by atoms with Crippen LogP contribution in [0.15, 0.2) is 35.1 Å². The molecule has 0 bridgehead atoms. The van der Waals surface area contributed by atoms with Gasteiger partial charge in [0.25, 0.3) is 0 Å². The van der Waals surface area contributed by atoms with Crippen molar-refractivity contribution in [2.45, 2.75) is 26.2 Å². The summed E-state index contributed by atoms with van der Waals surface area (Å²) in [7, 11) is 0. The number of rotatable bonds is 6. The summed E-state index contributed by atoms with van der Waals surface area (Å²) in [4.78, 5) is 15.3. The maximum absolute atomic E-state index is 12.8. The summed E-state index contributed by atoms with van der Waals surface area (Å²) < 4.78 is 18.3. The molecule has 0 aliphatic carbocycles. The highest BCUT2D eigenvalue weighted by Gasteiger charge is 2.21. The van der Waals surface area contributed by atoms with E-state index in [0.29, 0.717) is 17.6 Å². The lowest BCUT2D eigenvalue weighted by atomic mass is 9.83. The highest BCUT2D eigenvalue weighted by Crippen LogP contribution is 2.29. The molecule has 1 aromatic rings. The Bertz CT molecular complexity index is 635. The summed E-state index contributed by atoms with van der Waals surface area (Å²) in [5.74, 6) is -0.118. The number of halogens is 2. The Hall–Kier alpha value is -2.28. The van der Waals surface area contributed by atoms with Gasteiger partial charge in [0.2, 0.25) is 5.91 Å². The Labute approximate surface area is 147 Å². The molecule has 0 aromatic heterocycles. The molecule has 1 amide bonds. The van der Waals surface area contributed by atoms with Gasteiger partial charge in [0, 0.05) is 11.1 Å². The van der Waals surface area contributed by atoms with Crippen molar-refractivity contribution in [2.75, 3.05) is 13.2 Å². The highest BCUT2D eigenvalue weighted by atomic mass is 35.5. The topological polar surface area (TPSA) is 117 Å². The number of nitrogens with zero attached hydrogens (tertiary/aromatic N) is 1. The van der Waals surface area contributed by atoms with Crippen LogP contribution in [0.25, 0.3) is 0 Å². The molecule has 0 heterocycles. The van der Waals surface area contributed by atoms with E-state index in [9.17, 15) is 9.18 Å². The molecule has 0 aliphatic rings. The van der Waals surface area contributed by atoms with Crippen LogP contribution in [0.1, 0.15) is 36.7 Å². The van der Waals surface area contributed by atoms with Crippen molar-refractivity contribution >= 4 is 24.3 Å². The van der Waals surface area contributed by atoms with Crippen LogP contribution in [0.5, 0.6) is 5.75 Å². The van der Waals surface area contributed by atoms with E-state index in [-0.39, 0.29) is 42.5 Å². The number of benzene rings is 1. The van der Waals surface area contributed by atoms with E-state index in [4.69, 9.17) is 21.9 Å². The van der Waals surface area contributed by atoms with E-state index in [0.717, 1.165) is 5.56 Å². The number of nitrogens with two attached hydrogens (primary N) is 3. The second kappa shape index (κ2) is 9.12. The lowest BCUT2D eigenvalue weighted by molar-refractivity contribution is 0.0998. The number of guanidine groups is 1. The smallest absolute Gasteiger partial charge is 0.249 e. The van der Waals surface area contributed by atoms with Crippen LogP contribution in [0.3, 0.4) is 0 Å². The molecule has 24 heavy (non-hydrogen) atoms. The fourth-order valence-electron chi connectivity index (χ4n) is 1.93. The van der Waals surface area contributed by atoms with E-state index in [1.165, 1.54) is 0 Å². The summed E-state index contributed by atoms with van der Waals surface area (Å²) in [6.45, 7) is 5.90. The second-order valence-electron chi connectivity index (χ2n) is 6.12. The first kappa shape index (κ1) is 21.7. The zero-order valence-corrected chi connectivity index (χ0v) is 14.8. The normalized spacial score (nSPS) is 11.4. The third kappa shape index (κ3) is 6.45. The lowest BCUT2D eigenvalue weighted by Crippen LogP contribution is -2.23. The van der Waals surface area contributed by atoms with Gasteiger partial charge in [0.05, 0.1) is 12.9 Å². The SMILES string of the molecule is CC(C)(C)c1cc(OC/C(=C/F)CN=C(N)N)ccc1C(N)=O.Cl. The van der Waals surface area contributed by atoms with E-state index >= 15 is 0 Å². The molecule has 0 saturated carbocycles. The van der Waals surface area contributed by atoms with E-state index in [1.54, 1.807) is 18.2 Å². The van der Waals surface area contributed by atoms with Crippen molar-refractivity contribution in [1.29, 1.82) is 0 Å². The fourth-order valence-corrected chi connectivity index (χ4v) is 1.93.